The molecule has 2 aliphatic rings. The van der Waals surface area contributed by atoms with Crippen molar-refractivity contribution in [3.8, 4) is 0 Å². The third-order valence-corrected chi connectivity index (χ3v) is 6.18. The Morgan fingerprint density at radius 1 is 1.19 bits per heavy atom. The lowest BCUT2D eigenvalue weighted by Gasteiger charge is -2.30. The number of nitrogens with zero attached hydrogens (tertiary/aromatic N) is 1. The third-order valence-electron chi connectivity index (χ3n) is 6.18. The van der Waals surface area contributed by atoms with Gasteiger partial charge in [0.25, 0.3) is 0 Å². The predicted molar refractivity (Wildman–Crippen MR) is 109 cm³/mol. The summed E-state index contributed by atoms with van der Waals surface area (Å²) in [7, 11) is 1.87. The van der Waals surface area contributed by atoms with Gasteiger partial charge in [-0.3, -0.25) is 4.99 Å². The summed E-state index contributed by atoms with van der Waals surface area (Å²) in [5.41, 5.74) is 1.86. The van der Waals surface area contributed by atoms with Gasteiger partial charge in [0, 0.05) is 33.4 Å². The average Bonchev–Trinajstić information content (AvgIpc) is 3.32. The molecule has 3 rings (SSSR count). The van der Waals surface area contributed by atoms with Crippen LogP contribution in [-0.2, 0) is 4.74 Å². The second kappa shape index (κ2) is 9.40. The van der Waals surface area contributed by atoms with Crippen molar-refractivity contribution >= 4 is 5.96 Å². The molecule has 2 N–H and O–H groups in total. The lowest BCUT2D eigenvalue weighted by Crippen LogP contribution is -2.44. The highest BCUT2D eigenvalue weighted by molar-refractivity contribution is 5.79. The monoisotopic (exact) mass is 357 g/mol. The van der Waals surface area contributed by atoms with Gasteiger partial charge in [-0.25, -0.2) is 0 Å². The van der Waals surface area contributed by atoms with Gasteiger partial charge in [-0.2, -0.15) is 0 Å². The fourth-order valence-electron chi connectivity index (χ4n) is 4.37. The van der Waals surface area contributed by atoms with Gasteiger partial charge in [0.2, 0.25) is 0 Å². The van der Waals surface area contributed by atoms with Crippen molar-refractivity contribution in [2.75, 3.05) is 33.4 Å². The highest BCUT2D eigenvalue weighted by Crippen LogP contribution is 2.46. The fourth-order valence-corrected chi connectivity index (χ4v) is 4.37. The van der Waals surface area contributed by atoms with Crippen molar-refractivity contribution in [3.63, 3.8) is 0 Å². The molecule has 0 saturated heterocycles. The minimum absolute atomic E-state index is 0.388. The quantitative estimate of drug-likeness (QED) is 0.400. The van der Waals surface area contributed by atoms with E-state index in [4.69, 9.17) is 4.74 Å². The fraction of sp³-hybridized carbons (Fsp3) is 0.682. The minimum Gasteiger partial charge on any atom is -0.382 e. The molecule has 0 spiro atoms. The molecule has 4 heteroatoms. The lowest BCUT2D eigenvalue weighted by molar-refractivity contribution is 0.105. The number of hydrogen-bond donors (Lipinski definition) is 2. The van der Waals surface area contributed by atoms with Crippen molar-refractivity contribution < 1.29 is 4.74 Å². The molecule has 26 heavy (non-hydrogen) atoms. The summed E-state index contributed by atoms with van der Waals surface area (Å²) in [6.07, 6.45) is 7.75. The number of hydrogen-bond acceptors (Lipinski definition) is 2. The van der Waals surface area contributed by atoms with E-state index in [2.05, 4.69) is 52.9 Å². The van der Waals surface area contributed by atoms with Crippen molar-refractivity contribution in [1.29, 1.82) is 0 Å². The number of guanidine groups is 1. The molecular formula is C22H35N3O. The maximum Gasteiger partial charge on any atom is 0.191 e. The van der Waals surface area contributed by atoms with E-state index in [1.165, 1.54) is 37.7 Å². The molecule has 0 radical (unpaired) electrons. The van der Waals surface area contributed by atoms with E-state index in [1.807, 2.05) is 7.05 Å². The predicted octanol–water partition coefficient (Wildman–Crippen LogP) is 3.94. The van der Waals surface area contributed by atoms with Gasteiger partial charge in [-0.1, -0.05) is 43.2 Å². The Kier molecular flexibility index (Phi) is 6.95. The van der Waals surface area contributed by atoms with E-state index in [1.54, 1.807) is 0 Å². The minimum atomic E-state index is 0.388. The molecule has 144 valence electrons. The van der Waals surface area contributed by atoms with Crippen LogP contribution in [0, 0.1) is 11.3 Å². The van der Waals surface area contributed by atoms with E-state index in [-0.39, 0.29) is 0 Å². The number of rotatable bonds is 9. The van der Waals surface area contributed by atoms with Gasteiger partial charge < -0.3 is 15.4 Å². The standard InChI is InChI=1S/C22H35N3O/c1-3-26-14-13-22(11-7-8-12-22)17-25-21(23-2)24-16-19-15-20(19)18-9-5-4-6-10-18/h4-6,9-10,19-20H,3,7-8,11-17H2,1-2H3,(H2,23,24,25). The summed E-state index contributed by atoms with van der Waals surface area (Å²) >= 11 is 0. The molecular weight excluding hydrogens is 322 g/mol. The van der Waals surface area contributed by atoms with Crippen LogP contribution in [0.1, 0.15) is 56.9 Å². The molecule has 1 aromatic carbocycles. The van der Waals surface area contributed by atoms with E-state index >= 15 is 0 Å². The number of nitrogens with one attached hydrogen (secondary N) is 2. The van der Waals surface area contributed by atoms with Gasteiger partial charge in [0.15, 0.2) is 5.96 Å². The van der Waals surface area contributed by atoms with Crippen molar-refractivity contribution in [2.45, 2.75) is 51.4 Å². The van der Waals surface area contributed by atoms with Crippen LogP contribution >= 0.6 is 0 Å². The molecule has 0 amide bonds. The van der Waals surface area contributed by atoms with Gasteiger partial charge in [-0.05, 0) is 55.4 Å². The Hall–Kier alpha value is -1.55. The Morgan fingerprint density at radius 2 is 1.96 bits per heavy atom. The lowest BCUT2D eigenvalue weighted by atomic mass is 9.83. The van der Waals surface area contributed by atoms with E-state index in [9.17, 15) is 0 Å². The van der Waals surface area contributed by atoms with Crippen LogP contribution in [0.3, 0.4) is 0 Å². The summed E-state index contributed by atoms with van der Waals surface area (Å²) in [4.78, 5) is 4.44. The normalized spacial score (nSPS) is 24.5. The molecule has 0 heterocycles. The second-order valence-electron chi connectivity index (χ2n) is 7.97. The maximum absolute atomic E-state index is 5.62. The molecule has 2 unspecified atom stereocenters. The highest BCUT2D eigenvalue weighted by Gasteiger charge is 2.38. The Morgan fingerprint density at radius 3 is 2.65 bits per heavy atom. The molecule has 4 nitrogen and oxygen atoms in total. The second-order valence-corrected chi connectivity index (χ2v) is 7.97. The molecule has 0 bridgehead atoms. The van der Waals surface area contributed by atoms with E-state index < -0.39 is 0 Å². The topological polar surface area (TPSA) is 45.6 Å². The van der Waals surface area contributed by atoms with Crippen LogP contribution in [0.4, 0.5) is 0 Å². The first-order valence-corrected chi connectivity index (χ1v) is 10.3. The summed E-state index contributed by atoms with van der Waals surface area (Å²) in [6.45, 7) is 5.78. The van der Waals surface area contributed by atoms with E-state index in [0.717, 1.165) is 44.6 Å². The summed E-state index contributed by atoms with van der Waals surface area (Å²) in [5.74, 6) is 2.40. The summed E-state index contributed by atoms with van der Waals surface area (Å²) < 4.78 is 5.62. The van der Waals surface area contributed by atoms with E-state index in [0.29, 0.717) is 11.3 Å². The van der Waals surface area contributed by atoms with Crippen LogP contribution in [0.2, 0.25) is 0 Å². The zero-order chi connectivity index (χ0) is 18.2. The van der Waals surface area contributed by atoms with Gasteiger partial charge >= 0.3 is 0 Å². The maximum atomic E-state index is 5.62. The first-order valence-electron chi connectivity index (χ1n) is 10.3. The molecule has 2 saturated carbocycles. The van der Waals surface area contributed by atoms with Gasteiger partial charge in [0.1, 0.15) is 0 Å². The molecule has 2 fully saturated rings. The average molecular weight is 358 g/mol. The van der Waals surface area contributed by atoms with Crippen LogP contribution in [0.15, 0.2) is 35.3 Å². The van der Waals surface area contributed by atoms with Crippen LogP contribution in [0.25, 0.3) is 0 Å². The van der Waals surface area contributed by atoms with Crippen LogP contribution in [0.5, 0.6) is 0 Å². The van der Waals surface area contributed by atoms with Crippen LogP contribution < -0.4 is 10.6 Å². The molecule has 1 aromatic rings. The Balaban J connectivity index is 1.42. The largest absolute Gasteiger partial charge is 0.382 e. The van der Waals surface area contributed by atoms with Crippen molar-refractivity contribution in [2.24, 2.45) is 16.3 Å². The summed E-state index contributed by atoms with van der Waals surface area (Å²) in [5, 5.41) is 7.15. The molecule has 0 aromatic heterocycles. The van der Waals surface area contributed by atoms with Gasteiger partial charge in [-0.15, -0.1) is 0 Å². The Labute approximate surface area is 158 Å². The first kappa shape index (κ1) is 19.2. The molecule has 2 atom stereocenters. The SMILES string of the molecule is CCOCCC1(CNC(=NC)NCC2CC2c2ccccc2)CCCC1. The third kappa shape index (κ3) is 5.23. The zero-order valence-corrected chi connectivity index (χ0v) is 16.5. The van der Waals surface area contributed by atoms with Crippen molar-refractivity contribution in [1.82, 2.24) is 10.6 Å². The van der Waals surface area contributed by atoms with Crippen molar-refractivity contribution in [3.05, 3.63) is 35.9 Å². The smallest absolute Gasteiger partial charge is 0.191 e. The highest BCUT2D eigenvalue weighted by atomic mass is 16.5. The Bertz CT molecular complexity index is 566. The number of benzene rings is 1. The molecule has 0 aliphatic heterocycles. The summed E-state index contributed by atoms with van der Waals surface area (Å²) in [6, 6.07) is 10.9. The van der Waals surface area contributed by atoms with Crippen LogP contribution in [-0.4, -0.2) is 39.3 Å². The number of aliphatic imine (C=N–C) groups is 1. The first-order chi connectivity index (χ1) is 12.8. The molecule has 2 aliphatic carbocycles. The van der Waals surface area contributed by atoms with Gasteiger partial charge in [0.05, 0.1) is 0 Å². The zero-order valence-electron chi connectivity index (χ0n) is 16.5. The number of ether oxygens (including phenoxy) is 1.